The van der Waals surface area contributed by atoms with E-state index < -0.39 is 84.3 Å². The lowest BCUT2D eigenvalue weighted by Crippen LogP contribution is -2.42. The van der Waals surface area contributed by atoms with Crippen LogP contribution in [0.4, 0.5) is 0 Å². The maximum absolute atomic E-state index is 12.5. The molecule has 0 heterocycles. The van der Waals surface area contributed by atoms with E-state index in [9.17, 15) is 68.1 Å². The fraction of sp³-hybridized carbons (Fsp3) is 0.780. The van der Waals surface area contributed by atoms with Crippen LogP contribution in [0.25, 0.3) is 0 Å². The van der Waals surface area contributed by atoms with E-state index in [1.807, 2.05) is 6.92 Å². The van der Waals surface area contributed by atoms with Gasteiger partial charge in [-0.1, -0.05) is 64.7 Å². The fourth-order valence-corrected chi connectivity index (χ4v) is 7.08. The molecule has 0 aromatic carbocycles. The van der Waals surface area contributed by atoms with Gasteiger partial charge in [0, 0.05) is 65.5 Å². The number of ketones is 2. The Balaban J connectivity index is 0. The number of carbonyl (C=O) groups excluding carboxylic acids is 7. The first-order valence-corrected chi connectivity index (χ1v) is 25.9. The van der Waals surface area contributed by atoms with Gasteiger partial charge >= 0.3 is 23.9 Å². The van der Waals surface area contributed by atoms with Gasteiger partial charge in [-0.2, -0.15) is 0 Å². The average molecular weight is 1060 g/mol. The number of hydrogen-bond acceptors (Lipinski definition) is 15. The molecule has 24 heteroatoms. The van der Waals surface area contributed by atoms with Crippen LogP contribution in [0.3, 0.4) is 0 Å². The number of Topliss-reactive ketones (excluding diaryl/α,β-unsaturated/α-hetero) is 2. The molecule has 0 unspecified atom stereocenters. The standard InChI is InChI=1S/C50H85N5O19.H2/c1-36(37(2)56)15-13-14-24-51-42(58)22-19-41(50(69)70)55-45(61)21-18-38(48(65)66)33-39(57)34-73-31-29-72-28-26-53-46(62)35-74-32-30-71-27-25-52-43(59)23-20-40(49(67)68)54-44(60)16-11-9-7-5-3-4-6-8-10-12-17-47(63)64;/h36,38,40-41H,3-35H2,1-2H3,(H,51,58)(H,52,59)(H,53,62)(H,54,60)(H,55,61)(H,63,64)(H,65,66)(H,67,68)(H,69,70);1H/t36-,38+,40-,41-;/m0./s1. The summed E-state index contributed by atoms with van der Waals surface area (Å²) in [5.74, 6) is -8.70. The Kier molecular flexibility index (Phi) is 41.5. The highest BCUT2D eigenvalue weighted by Crippen LogP contribution is 2.15. The number of hydrogen-bond donors (Lipinski definition) is 9. The highest BCUT2D eigenvalue weighted by atomic mass is 16.5. The molecular weight excluding hydrogens is 975 g/mol. The first-order valence-electron chi connectivity index (χ1n) is 25.9. The summed E-state index contributed by atoms with van der Waals surface area (Å²) >= 11 is 0. The van der Waals surface area contributed by atoms with Gasteiger partial charge in [-0.3, -0.25) is 43.2 Å². The van der Waals surface area contributed by atoms with Crippen molar-refractivity contribution in [1.82, 2.24) is 26.6 Å². The quantitative estimate of drug-likeness (QED) is 0.0395. The first kappa shape index (κ1) is 68.4. The van der Waals surface area contributed by atoms with E-state index in [2.05, 4.69) is 26.6 Å². The third kappa shape index (κ3) is 41.8. The van der Waals surface area contributed by atoms with Crippen LogP contribution < -0.4 is 26.6 Å². The summed E-state index contributed by atoms with van der Waals surface area (Å²) in [6, 6.07) is -2.56. The Morgan fingerprint density at radius 3 is 1.34 bits per heavy atom. The van der Waals surface area contributed by atoms with Gasteiger partial charge in [-0.25, -0.2) is 9.59 Å². The van der Waals surface area contributed by atoms with E-state index in [1.165, 1.54) is 6.92 Å². The largest absolute Gasteiger partial charge is 0.481 e. The molecule has 0 saturated heterocycles. The summed E-state index contributed by atoms with van der Waals surface area (Å²) in [6.07, 6.45) is 10.4. The maximum Gasteiger partial charge on any atom is 0.326 e. The number of amides is 5. The van der Waals surface area contributed by atoms with E-state index in [0.717, 1.165) is 57.8 Å². The van der Waals surface area contributed by atoms with Crippen LogP contribution in [-0.4, -0.2) is 170 Å². The molecule has 24 nitrogen and oxygen atoms in total. The molecule has 0 spiro atoms. The van der Waals surface area contributed by atoms with Crippen LogP contribution in [-0.2, 0) is 71.7 Å². The molecule has 74 heavy (non-hydrogen) atoms. The molecule has 426 valence electrons. The zero-order chi connectivity index (χ0) is 55.4. The smallest absolute Gasteiger partial charge is 0.326 e. The molecule has 0 aliphatic heterocycles. The summed E-state index contributed by atoms with van der Waals surface area (Å²) in [6.45, 7) is 3.94. The number of nitrogens with one attached hydrogen (secondary N) is 5. The lowest BCUT2D eigenvalue weighted by molar-refractivity contribution is -0.145. The molecule has 9 N–H and O–H groups in total. The van der Waals surface area contributed by atoms with Crippen LogP contribution >= 0.6 is 0 Å². The predicted octanol–water partition coefficient (Wildman–Crippen LogP) is 2.95. The second-order valence-corrected chi connectivity index (χ2v) is 18.1. The lowest BCUT2D eigenvalue weighted by Gasteiger charge is -2.16. The first-order chi connectivity index (χ1) is 35.3. The van der Waals surface area contributed by atoms with Crippen molar-refractivity contribution in [2.24, 2.45) is 11.8 Å². The van der Waals surface area contributed by atoms with Crippen molar-refractivity contribution in [2.45, 2.75) is 167 Å². The minimum absolute atomic E-state index is 0. The van der Waals surface area contributed by atoms with Crippen molar-refractivity contribution in [3.05, 3.63) is 0 Å². The van der Waals surface area contributed by atoms with Gasteiger partial charge in [0.05, 0.1) is 45.6 Å². The maximum atomic E-state index is 12.5. The molecule has 0 aliphatic rings. The Hall–Kier alpha value is -5.59. The van der Waals surface area contributed by atoms with Gasteiger partial charge in [0.2, 0.25) is 29.5 Å². The summed E-state index contributed by atoms with van der Waals surface area (Å²) in [5.41, 5.74) is 0. The molecule has 0 aromatic rings. The monoisotopic (exact) mass is 1060 g/mol. The Bertz CT molecular complexity index is 1710. The number of ether oxygens (including phenoxy) is 4. The van der Waals surface area contributed by atoms with Crippen LogP contribution in [0.1, 0.15) is 157 Å². The van der Waals surface area contributed by atoms with Crippen LogP contribution in [0.2, 0.25) is 0 Å². The van der Waals surface area contributed by atoms with Crippen molar-refractivity contribution in [3.8, 4) is 0 Å². The molecule has 0 saturated carbocycles. The van der Waals surface area contributed by atoms with E-state index in [-0.39, 0.29) is 130 Å². The van der Waals surface area contributed by atoms with Crippen molar-refractivity contribution in [3.63, 3.8) is 0 Å². The molecule has 0 bridgehead atoms. The van der Waals surface area contributed by atoms with Gasteiger partial charge < -0.3 is 66.0 Å². The van der Waals surface area contributed by atoms with E-state index in [0.29, 0.717) is 32.2 Å². The second-order valence-electron chi connectivity index (χ2n) is 18.1. The molecule has 4 atom stereocenters. The highest BCUT2D eigenvalue weighted by molar-refractivity contribution is 5.87. The fourth-order valence-electron chi connectivity index (χ4n) is 7.08. The number of aliphatic carboxylic acids is 4. The minimum atomic E-state index is -1.38. The molecule has 0 aliphatic carbocycles. The van der Waals surface area contributed by atoms with Crippen molar-refractivity contribution < 1.29 is 93.5 Å². The number of carbonyl (C=O) groups is 11. The second kappa shape index (κ2) is 44.9. The number of rotatable bonds is 51. The van der Waals surface area contributed by atoms with Crippen molar-refractivity contribution in [1.29, 1.82) is 0 Å². The van der Waals surface area contributed by atoms with E-state index in [1.54, 1.807) is 0 Å². The van der Waals surface area contributed by atoms with Crippen molar-refractivity contribution in [2.75, 3.05) is 72.5 Å². The zero-order valence-electron chi connectivity index (χ0n) is 43.6. The van der Waals surface area contributed by atoms with Crippen LogP contribution in [0.5, 0.6) is 0 Å². The zero-order valence-corrected chi connectivity index (χ0v) is 43.6. The molecule has 5 amide bonds. The molecular formula is C50H87N5O19. The molecule has 0 fully saturated rings. The summed E-state index contributed by atoms with van der Waals surface area (Å²) < 4.78 is 21.2. The van der Waals surface area contributed by atoms with Gasteiger partial charge in [-0.05, 0) is 51.9 Å². The Morgan fingerprint density at radius 2 is 0.851 bits per heavy atom. The van der Waals surface area contributed by atoms with Crippen molar-refractivity contribution >= 4 is 65.0 Å². The van der Waals surface area contributed by atoms with Gasteiger partial charge in [0.15, 0.2) is 5.78 Å². The summed E-state index contributed by atoms with van der Waals surface area (Å²) in [4.78, 5) is 130. The number of carboxylic acids is 4. The summed E-state index contributed by atoms with van der Waals surface area (Å²) in [7, 11) is 0. The Morgan fingerprint density at radius 1 is 0.419 bits per heavy atom. The SMILES string of the molecule is CC(=O)[C@@H](C)CCCCNC(=O)CC[C@H](NC(=O)CC[C@H](CC(=O)COCCOCCNC(=O)COCCOCCNC(=O)CC[C@H](NC(=O)CCCCCCCCCCCCC(=O)O)C(=O)O)C(=O)O)C(=O)O.[HH]. The molecule has 0 rings (SSSR count). The third-order valence-corrected chi connectivity index (χ3v) is 11.6. The third-order valence-electron chi connectivity index (χ3n) is 11.6. The van der Waals surface area contributed by atoms with E-state index >= 15 is 0 Å². The number of unbranched alkanes of at least 4 members (excludes halogenated alkanes) is 10. The Labute approximate surface area is 435 Å². The normalized spacial score (nSPS) is 12.6. The van der Waals surface area contributed by atoms with Crippen LogP contribution in [0.15, 0.2) is 0 Å². The topological polar surface area (TPSA) is 366 Å². The average Bonchev–Trinajstić information content (AvgIpc) is 3.34. The minimum Gasteiger partial charge on any atom is -0.481 e. The van der Waals surface area contributed by atoms with Gasteiger partial charge in [-0.15, -0.1) is 0 Å². The summed E-state index contributed by atoms with van der Waals surface area (Å²) in [5, 5.41) is 49.9. The highest BCUT2D eigenvalue weighted by Gasteiger charge is 2.26. The van der Waals surface area contributed by atoms with Crippen LogP contribution in [0, 0.1) is 11.8 Å². The van der Waals surface area contributed by atoms with E-state index in [4.69, 9.17) is 24.1 Å². The van der Waals surface area contributed by atoms with Gasteiger partial charge in [0.1, 0.15) is 31.1 Å². The number of carboxylic acid groups (broad SMARTS) is 4. The van der Waals surface area contributed by atoms with Gasteiger partial charge in [0.25, 0.3) is 0 Å². The molecule has 0 aromatic heterocycles. The molecule has 0 radical (unpaired) electrons. The lowest BCUT2D eigenvalue weighted by atomic mass is 9.97. The predicted molar refractivity (Wildman–Crippen MR) is 269 cm³/mol.